The smallest absolute Gasteiger partial charge is 0.263 e. The van der Waals surface area contributed by atoms with Crippen molar-refractivity contribution in [3.05, 3.63) is 72.6 Å². The second kappa shape index (κ2) is 7.06. The highest BCUT2D eigenvalue weighted by molar-refractivity contribution is 8.00. The van der Waals surface area contributed by atoms with Gasteiger partial charge in [0.2, 0.25) is 0 Å². The van der Waals surface area contributed by atoms with Crippen molar-refractivity contribution in [1.82, 2.24) is 4.98 Å². The number of hydrogen-bond acceptors (Lipinski definition) is 5. The molecule has 0 amide bonds. The van der Waals surface area contributed by atoms with Crippen molar-refractivity contribution in [2.75, 3.05) is 16.6 Å². The molecule has 0 radical (unpaired) electrons. The SMILES string of the molecule is N#Cc1ccc(-c2cncc3c2SCCN3S(=O)(=O)c2ccccc2)cc1. The Hall–Kier alpha value is -2.82. The minimum Gasteiger partial charge on any atom is -0.263 e. The number of benzene rings is 2. The van der Waals surface area contributed by atoms with Gasteiger partial charge >= 0.3 is 0 Å². The van der Waals surface area contributed by atoms with Gasteiger partial charge in [-0.15, -0.1) is 11.8 Å². The largest absolute Gasteiger partial charge is 0.264 e. The summed E-state index contributed by atoms with van der Waals surface area (Å²) >= 11 is 1.62. The van der Waals surface area contributed by atoms with Crippen LogP contribution in [-0.2, 0) is 10.0 Å². The van der Waals surface area contributed by atoms with E-state index < -0.39 is 10.0 Å². The van der Waals surface area contributed by atoms with Crippen molar-refractivity contribution in [3.63, 3.8) is 0 Å². The maximum Gasteiger partial charge on any atom is 0.264 e. The molecule has 0 N–H and O–H groups in total. The Morgan fingerprint density at radius 1 is 1.04 bits per heavy atom. The van der Waals surface area contributed by atoms with Gasteiger partial charge in [-0.2, -0.15) is 5.26 Å². The number of thioether (sulfide) groups is 1. The molecule has 5 nitrogen and oxygen atoms in total. The average molecular weight is 393 g/mol. The van der Waals surface area contributed by atoms with Crippen LogP contribution in [0.4, 0.5) is 5.69 Å². The third-order valence-electron chi connectivity index (χ3n) is 4.34. The molecule has 0 fully saturated rings. The van der Waals surface area contributed by atoms with E-state index in [0.717, 1.165) is 16.0 Å². The first kappa shape index (κ1) is 17.6. The molecule has 0 bridgehead atoms. The van der Waals surface area contributed by atoms with Gasteiger partial charge in [0.25, 0.3) is 10.0 Å². The van der Waals surface area contributed by atoms with Gasteiger partial charge in [0, 0.05) is 29.0 Å². The molecule has 0 spiro atoms. The molecule has 134 valence electrons. The van der Waals surface area contributed by atoms with E-state index in [-0.39, 0.29) is 4.90 Å². The van der Waals surface area contributed by atoms with Gasteiger partial charge in [0.1, 0.15) is 0 Å². The molecular weight excluding hydrogens is 378 g/mol. The van der Waals surface area contributed by atoms with E-state index >= 15 is 0 Å². The predicted octanol–water partition coefficient (Wildman–Crippen LogP) is 3.92. The Bertz CT molecular complexity index is 1120. The first-order chi connectivity index (χ1) is 13.1. The molecule has 2 aromatic carbocycles. The Balaban J connectivity index is 1.81. The van der Waals surface area contributed by atoms with Crippen LogP contribution in [-0.4, -0.2) is 25.7 Å². The molecule has 1 aromatic heterocycles. The quantitative estimate of drug-likeness (QED) is 0.674. The lowest BCUT2D eigenvalue weighted by atomic mass is 10.1. The Morgan fingerprint density at radius 3 is 2.48 bits per heavy atom. The van der Waals surface area contributed by atoms with Crippen LogP contribution in [0.5, 0.6) is 0 Å². The van der Waals surface area contributed by atoms with E-state index in [1.54, 1.807) is 66.6 Å². The van der Waals surface area contributed by atoms with Crippen LogP contribution in [0.3, 0.4) is 0 Å². The van der Waals surface area contributed by atoms with Crippen molar-refractivity contribution in [3.8, 4) is 17.2 Å². The van der Waals surface area contributed by atoms with Gasteiger partial charge in [-0.1, -0.05) is 30.3 Å². The number of nitrogens with zero attached hydrogens (tertiary/aromatic N) is 3. The number of aromatic nitrogens is 1. The number of anilines is 1. The van der Waals surface area contributed by atoms with Crippen LogP contribution in [0.15, 0.2) is 76.8 Å². The fourth-order valence-corrected chi connectivity index (χ4v) is 5.79. The standard InChI is InChI=1S/C20H15N3O2S2/c21-12-15-6-8-16(9-7-15)18-13-22-14-19-20(18)26-11-10-23(19)27(24,25)17-4-2-1-3-5-17/h1-9,13-14H,10-11H2. The Labute approximate surface area is 162 Å². The molecule has 3 aromatic rings. The van der Waals surface area contributed by atoms with E-state index in [9.17, 15) is 8.42 Å². The van der Waals surface area contributed by atoms with E-state index in [1.165, 1.54) is 4.31 Å². The summed E-state index contributed by atoms with van der Waals surface area (Å²) in [5, 5.41) is 8.98. The predicted molar refractivity (Wildman–Crippen MR) is 106 cm³/mol. The molecule has 0 unspecified atom stereocenters. The lowest BCUT2D eigenvalue weighted by molar-refractivity contribution is 0.591. The third-order valence-corrected chi connectivity index (χ3v) is 7.28. The van der Waals surface area contributed by atoms with Crippen LogP contribution >= 0.6 is 11.8 Å². The summed E-state index contributed by atoms with van der Waals surface area (Å²) in [6.45, 7) is 0.396. The van der Waals surface area contributed by atoms with Crippen molar-refractivity contribution >= 4 is 27.5 Å². The first-order valence-corrected chi connectivity index (χ1v) is 10.7. The summed E-state index contributed by atoms with van der Waals surface area (Å²) in [6.07, 6.45) is 3.35. The molecule has 0 saturated heterocycles. The second-order valence-electron chi connectivity index (χ2n) is 5.96. The molecule has 27 heavy (non-hydrogen) atoms. The van der Waals surface area contributed by atoms with Crippen molar-refractivity contribution in [1.29, 1.82) is 5.26 Å². The highest BCUT2D eigenvalue weighted by Crippen LogP contribution is 2.43. The number of sulfonamides is 1. The molecule has 0 atom stereocenters. The van der Waals surface area contributed by atoms with Crippen molar-refractivity contribution in [2.45, 2.75) is 9.79 Å². The summed E-state index contributed by atoms with van der Waals surface area (Å²) in [7, 11) is -3.65. The van der Waals surface area contributed by atoms with E-state index in [4.69, 9.17) is 5.26 Å². The van der Waals surface area contributed by atoms with Gasteiger partial charge in [-0.25, -0.2) is 8.42 Å². The summed E-state index contributed by atoms with van der Waals surface area (Å²) < 4.78 is 27.7. The van der Waals surface area contributed by atoms with Gasteiger partial charge in [0.05, 0.1) is 28.4 Å². The number of rotatable bonds is 3. The van der Waals surface area contributed by atoms with E-state index in [2.05, 4.69) is 11.1 Å². The topological polar surface area (TPSA) is 74.1 Å². The van der Waals surface area contributed by atoms with Crippen molar-refractivity contribution in [2.24, 2.45) is 0 Å². The zero-order valence-corrected chi connectivity index (χ0v) is 15.9. The molecule has 4 rings (SSSR count). The first-order valence-electron chi connectivity index (χ1n) is 8.30. The molecule has 0 saturated carbocycles. The minimum atomic E-state index is -3.65. The van der Waals surface area contributed by atoms with Crippen LogP contribution in [0.25, 0.3) is 11.1 Å². The number of nitriles is 1. The highest BCUT2D eigenvalue weighted by Gasteiger charge is 2.31. The molecular formula is C20H15N3O2S2. The zero-order chi connectivity index (χ0) is 18.9. The van der Waals surface area contributed by atoms with Crippen LogP contribution in [0.2, 0.25) is 0 Å². The van der Waals surface area contributed by atoms with Crippen LogP contribution in [0.1, 0.15) is 5.56 Å². The van der Waals surface area contributed by atoms with Gasteiger partial charge in [0.15, 0.2) is 0 Å². The van der Waals surface area contributed by atoms with Crippen molar-refractivity contribution < 1.29 is 8.42 Å². The molecule has 7 heteroatoms. The molecule has 2 heterocycles. The van der Waals surface area contributed by atoms with Crippen LogP contribution in [0, 0.1) is 11.3 Å². The van der Waals surface area contributed by atoms with E-state index in [0.29, 0.717) is 23.5 Å². The maximum atomic E-state index is 13.1. The summed E-state index contributed by atoms with van der Waals surface area (Å²) in [5.74, 6) is 0.659. The van der Waals surface area contributed by atoms with E-state index in [1.807, 2.05) is 12.1 Å². The molecule has 0 aliphatic carbocycles. The fraction of sp³-hybridized carbons (Fsp3) is 0.100. The second-order valence-corrected chi connectivity index (χ2v) is 8.93. The lowest BCUT2D eigenvalue weighted by Gasteiger charge is -2.30. The average Bonchev–Trinajstić information content (AvgIpc) is 2.73. The number of fused-ring (bicyclic) bond motifs is 1. The Kier molecular flexibility index (Phi) is 4.60. The van der Waals surface area contributed by atoms with Gasteiger partial charge < -0.3 is 0 Å². The number of pyridine rings is 1. The van der Waals surface area contributed by atoms with Gasteiger partial charge in [-0.05, 0) is 29.8 Å². The summed E-state index contributed by atoms with van der Waals surface area (Å²) in [6, 6.07) is 17.8. The fourth-order valence-electron chi connectivity index (χ4n) is 3.02. The third kappa shape index (κ3) is 3.18. The lowest BCUT2D eigenvalue weighted by Crippen LogP contribution is -2.35. The normalized spacial score (nSPS) is 13.7. The maximum absolute atomic E-state index is 13.1. The Morgan fingerprint density at radius 2 is 1.78 bits per heavy atom. The summed E-state index contributed by atoms with van der Waals surface area (Å²) in [4.78, 5) is 5.45. The molecule has 1 aliphatic rings. The summed E-state index contributed by atoms with van der Waals surface area (Å²) in [5.41, 5.74) is 2.95. The van der Waals surface area contributed by atoms with Gasteiger partial charge in [-0.3, -0.25) is 9.29 Å². The monoisotopic (exact) mass is 393 g/mol. The highest BCUT2D eigenvalue weighted by atomic mass is 32.2. The number of hydrogen-bond donors (Lipinski definition) is 0. The zero-order valence-electron chi connectivity index (χ0n) is 14.2. The molecule has 1 aliphatic heterocycles. The van der Waals surface area contributed by atoms with Crippen LogP contribution < -0.4 is 4.31 Å². The minimum absolute atomic E-state index is 0.270.